The van der Waals surface area contributed by atoms with Crippen LogP contribution in [-0.4, -0.2) is 49.6 Å². The van der Waals surface area contributed by atoms with Crippen molar-refractivity contribution in [1.82, 2.24) is 20.4 Å². The second-order valence-electron chi connectivity index (χ2n) is 4.14. The third-order valence-corrected chi connectivity index (χ3v) is 2.70. The lowest BCUT2D eigenvalue weighted by molar-refractivity contribution is -0.120. The summed E-state index contributed by atoms with van der Waals surface area (Å²) in [6.07, 6.45) is 0. The number of carbonyl (C=O) groups is 1. The Bertz CT molecular complexity index is 417. The van der Waals surface area contributed by atoms with Crippen molar-refractivity contribution in [2.24, 2.45) is 7.05 Å². The van der Waals surface area contributed by atoms with Crippen molar-refractivity contribution in [2.75, 3.05) is 33.9 Å². The van der Waals surface area contributed by atoms with E-state index in [1.807, 2.05) is 14.0 Å². The maximum absolute atomic E-state index is 11.5. The molecule has 19 heavy (non-hydrogen) atoms. The molecule has 1 aromatic heterocycles. The van der Waals surface area contributed by atoms with Gasteiger partial charge in [-0.2, -0.15) is 5.10 Å². The van der Waals surface area contributed by atoms with Gasteiger partial charge in [-0.1, -0.05) is 0 Å². The van der Waals surface area contributed by atoms with Crippen LogP contribution in [0, 0.1) is 6.92 Å². The largest absolute Gasteiger partial charge is 0.481 e. The van der Waals surface area contributed by atoms with Crippen molar-refractivity contribution in [2.45, 2.75) is 13.5 Å². The summed E-state index contributed by atoms with van der Waals surface area (Å²) in [4.78, 5) is 11.5. The minimum atomic E-state index is -0.0578. The molecule has 0 fully saturated rings. The molecule has 0 bridgehead atoms. The smallest absolute Gasteiger partial charge is 0.234 e. The molecule has 0 aromatic carbocycles. The number of hydrogen-bond donors (Lipinski definition) is 2. The van der Waals surface area contributed by atoms with Gasteiger partial charge in [0, 0.05) is 27.2 Å². The second kappa shape index (κ2) is 7.75. The molecule has 0 atom stereocenters. The number of nitrogens with one attached hydrogen (secondary N) is 2. The first-order chi connectivity index (χ1) is 9.10. The zero-order valence-electron chi connectivity index (χ0n) is 11.9. The fourth-order valence-corrected chi connectivity index (χ4v) is 1.80. The highest BCUT2D eigenvalue weighted by molar-refractivity contribution is 5.77. The van der Waals surface area contributed by atoms with Crippen LogP contribution < -0.4 is 15.4 Å². The fraction of sp³-hybridized carbons (Fsp3) is 0.667. The minimum Gasteiger partial charge on any atom is -0.481 e. The Morgan fingerprint density at radius 1 is 1.42 bits per heavy atom. The topological polar surface area (TPSA) is 77.4 Å². The van der Waals surface area contributed by atoms with Gasteiger partial charge in [0.1, 0.15) is 0 Å². The van der Waals surface area contributed by atoms with Crippen LogP contribution in [0.25, 0.3) is 0 Å². The van der Waals surface area contributed by atoms with Crippen molar-refractivity contribution in [1.29, 1.82) is 0 Å². The molecular formula is C12H22N4O3. The molecular weight excluding hydrogens is 248 g/mol. The molecule has 1 rings (SSSR count). The van der Waals surface area contributed by atoms with Gasteiger partial charge < -0.3 is 20.1 Å². The van der Waals surface area contributed by atoms with E-state index in [9.17, 15) is 4.79 Å². The highest BCUT2D eigenvalue weighted by Crippen LogP contribution is 2.20. The first-order valence-electron chi connectivity index (χ1n) is 6.13. The van der Waals surface area contributed by atoms with Gasteiger partial charge in [0.05, 0.1) is 31.5 Å². The third-order valence-electron chi connectivity index (χ3n) is 2.70. The Labute approximate surface area is 113 Å². The number of carbonyl (C=O) groups excluding carboxylic acids is 1. The van der Waals surface area contributed by atoms with Gasteiger partial charge >= 0.3 is 0 Å². The highest BCUT2D eigenvalue weighted by atomic mass is 16.5. The normalized spacial score (nSPS) is 10.5. The van der Waals surface area contributed by atoms with Crippen LogP contribution in [0.3, 0.4) is 0 Å². The predicted octanol–water partition coefficient (Wildman–Crippen LogP) is -0.411. The second-order valence-corrected chi connectivity index (χ2v) is 4.14. The monoisotopic (exact) mass is 270 g/mol. The number of rotatable bonds is 8. The maximum Gasteiger partial charge on any atom is 0.234 e. The number of aromatic nitrogens is 2. The predicted molar refractivity (Wildman–Crippen MR) is 71.1 cm³/mol. The molecule has 0 aliphatic carbocycles. The van der Waals surface area contributed by atoms with Crippen LogP contribution in [0.2, 0.25) is 0 Å². The third kappa shape index (κ3) is 4.53. The molecule has 0 aliphatic rings. The summed E-state index contributed by atoms with van der Waals surface area (Å²) >= 11 is 0. The number of amides is 1. The summed E-state index contributed by atoms with van der Waals surface area (Å²) in [5, 5.41) is 10.1. The zero-order valence-corrected chi connectivity index (χ0v) is 11.9. The van der Waals surface area contributed by atoms with E-state index < -0.39 is 0 Å². The summed E-state index contributed by atoms with van der Waals surface area (Å²) in [6.45, 7) is 3.74. The van der Waals surface area contributed by atoms with Gasteiger partial charge in [0.15, 0.2) is 0 Å². The first kappa shape index (κ1) is 15.5. The molecule has 0 saturated carbocycles. The molecule has 1 amide bonds. The van der Waals surface area contributed by atoms with Gasteiger partial charge in [-0.25, -0.2) is 4.68 Å². The lowest BCUT2D eigenvalue weighted by Crippen LogP contribution is -2.35. The van der Waals surface area contributed by atoms with E-state index in [4.69, 9.17) is 9.47 Å². The van der Waals surface area contributed by atoms with Crippen LogP contribution >= 0.6 is 0 Å². The van der Waals surface area contributed by atoms with E-state index in [1.54, 1.807) is 18.9 Å². The quantitative estimate of drug-likeness (QED) is 0.628. The maximum atomic E-state index is 11.5. The lowest BCUT2D eigenvalue weighted by Gasteiger charge is -2.07. The standard InChI is InChI=1S/C12H22N4O3/c1-9-10(12(19-4)16(2)15-9)7-13-8-11(17)14-5-6-18-3/h13H,5-8H2,1-4H3,(H,14,17). The Morgan fingerprint density at radius 2 is 2.16 bits per heavy atom. The summed E-state index contributed by atoms with van der Waals surface area (Å²) in [5.74, 6) is 0.655. The number of methoxy groups -OCH3 is 2. The van der Waals surface area contributed by atoms with E-state index in [-0.39, 0.29) is 12.5 Å². The average Bonchev–Trinajstić information content (AvgIpc) is 2.64. The molecule has 1 heterocycles. The van der Waals surface area contributed by atoms with Crippen LogP contribution in [0.4, 0.5) is 0 Å². The molecule has 7 nitrogen and oxygen atoms in total. The molecule has 1 aromatic rings. The summed E-state index contributed by atoms with van der Waals surface area (Å²) in [5.41, 5.74) is 1.86. The number of ether oxygens (including phenoxy) is 2. The molecule has 2 N–H and O–H groups in total. The molecule has 0 spiro atoms. The van der Waals surface area contributed by atoms with Gasteiger partial charge in [0.25, 0.3) is 0 Å². The van der Waals surface area contributed by atoms with E-state index >= 15 is 0 Å². The molecule has 0 unspecified atom stereocenters. The summed E-state index contributed by atoms with van der Waals surface area (Å²) in [6, 6.07) is 0. The van der Waals surface area contributed by atoms with Crippen LogP contribution in [0.15, 0.2) is 0 Å². The van der Waals surface area contributed by atoms with E-state index in [0.717, 1.165) is 11.3 Å². The highest BCUT2D eigenvalue weighted by Gasteiger charge is 2.13. The number of hydrogen-bond acceptors (Lipinski definition) is 5. The Hall–Kier alpha value is -1.60. The van der Waals surface area contributed by atoms with Crippen LogP contribution in [-0.2, 0) is 23.1 Å². The number of aryl methyl sites for hydroxylation is 2. The van der Waals surface area contributed by atoms with Crippen LogP contribution in [0.1, 0.15) is 11.3 Å². The first-order valence-corrected chi connectivity index (χ1v) is 6.13. The summed E-state index contributed by atoms with van der Waals surface area (Å²) in [7, 11) is 5.03. The van der Waals surface area contributed by atoms with Crippen molar-refractivity contribution in [3.63, 3.8) is 0 Å². The van der Waals surface area contributed by atoms with Crippen molar-refractivity contribution >= 4 is 5.91 Å². The zero-order chi connectivity index (χ0) is 14.3. The molecule has 7 heteroatoms. The molecule has 0 aliphatic heterocycles. The van der Waals surface area contributed by atoms with Gasteiger partial charge in [-0.15, -0.1) is 0 Å². The van der Waals surface area contributed by atoms with Crippen LogP contribution in [0.5, 0.6) is 5.88 Å². The van der Waals surface area contributed by atoms with Crippen molar-refractivity contribution in [3.8, 4) is 5.88 Å². The average molecular weight is 270 g/mol. The Morgan fingerprint density at radius 3 is 2.79 bits per heavy atom. The van der Waals surface area contributed by atoms with Gasteiger partial charge in [-0.05, 0) is 6.92 Å². The molecule has 108 valence electrons. The number of nitrogens with zero attached hydrogens (tertiary/aromatic N) is 2. The van der Waals surface area contributed by atoms with Gasteiger partial charge in [-0.3, -0.25) is 4.79 Å². The molecule has 0 radical (unpaired) electrons. The van der Waals surface area contributed by atoms with E-state index in [2.05, 4.69) is 15.7 Å². The Balaban J connectivity index is 2.39. The minimum absolute atomic E-state index is 0.0578. The van der Waals surface area contributed by atoms with Gasteiger partial charge in [0.2, 0.25) is 11.8 Å². The fourth-order valence-electron chi connectivity index (χ4n) is 1.80. The summed E-state index contributed by atoms with van der Waals surface area (Å²) < 4.78 is 11.8. The SMILES string of the molecule is COCCNC(=O)CNCc1c(C)nn(C)c1OC. The van der Waals surface area contributed by atoms with Crippen molar-refractivity contribution in [3.05, 3.63) is 11.3 Å². The van der Waals surface area contributed by atoms with E-state index in [0.29, 0.717) is 25.6 Å². The lowest BCUT2D eigenvalue weighted by atomic mass is 10.2. The molecule has 0 saturated heterocycles. The van der Waals surface area contributed by atoms with Crippen molar-refractivity contribution < 1.29 is 14.3 Å². The van der Waals surface area contributed by atoms with E-state index in [1.165, 1.54) is 0 Å². The Kier molecular flexibility index (Phi) is 6.31.